The van der Waals surface area contributed by atoms with Crippen LogP contribution < -0.4 is 5.32 Å². The summed E-state index contributed by atoms with van der Waals surface area (Å²) < 4.78 is 11.3. The number of allylic oxidation sites excluding steroid dienone is 7. The minimum absolute atomic E-state index is 0.182. The van der Waals surface area contributed by atoms with Crippen LogP contribution in [0.15, 0.2) is 48.6 Å². The van der Waals surface area contributed by atoms with Gasteiger partial charge in [0.2, 0.25) is 5.91 Å². The van der Waals surface area contributed by atoms with E-state index in [0.717, 1.165) is 44.9 Å². The van der Waals surface area contributed by atoms with Crippen molar-refractivity contribution >= 4 is 5.91 Å². The second-order valence-electron chi connectivity index (χ2n) is 25.4. The van der Waals surface area contributed by atoms with Crippen LogP contribution in [0.4, 0.5) is 0 Å². The van der Waals surface area contributed by atoms with Crippen LogP contribution in [0, 0.1) is 0 Å². The molecule has 0 aromatic rings. The van der Waals surface area contributed by atoms with E-state index >= 15 is 0 Å². The third kappa shape index (κ3) is 51.9. The Morgan fingerprint density at radius 1 is 0.410 bits per heavy atom. The van der Waals surface area contributed by atoms with E-state index in [1.165, 1.54) is 295 Å². The van der Waals surface area contributed by atoms with Crippen LogP contribution in [-0.2, 0) is 14.3 Å². The third-order valence-electron chi connectivity index (χ3n) is 17.4. The summed E-state index contributed by atoms with van der Waals surface area (Å²) in [5.41, 5.74) is 0. The Morgan fingerprint density at radius 3 is 1.08 bits per heavy atom. The number of ether oxygens (including phenoxy) is 2. The van der Waals surface area contributed by atoms with Gasteiger partial charge in [-0.2, -0.15) is 0 Å². The number of aliphatic hydroxyl groups excluding tert-OH is 5. The topological polar surface area (TPSA) is 149 Å². The molecule has 0 bridgehead atoms. The summed E-state index contributed by atoms with van der Waals surface area (Å²) in [6, 6.07) is -0.824. The number of carbonyl (C=O) groups excluding carboxylic acids is 1. The molecule has 0 aromatic carbocycles. The summed E-state index contributed by atoms with van der Waals surface area (Å²) in [6.45, 7) is 3.80. The Hall–Kier alpha value is -1.85. The Kier molecular flexibility index (Phi) is 60.3. The van der Waals surface area contributed by atoms with Gasteiger partial charge in [0.15, 0.2) is 6.29 Å². The van der Waals surface area contributed by atoms with Gasteiger partial charge in [0, 0.05) is 6.42 Å². The summed E-state index contributed by atoms with van der Waals surface area (Å²) in [7, 11) is 0. The first-order valence-electron chi connectivity index (χ1n) is 36.4. The maximum Gasteiger partial charge on any atom is 0.220 e. The molecular formula is C74H139NO8. The van der Waals surface area contributed by atoms with Crippen molar-refractivity contribution in [1.82, 2.24) is 5.32 Å². The second kappa shape index (κ2) is 63.2. The highest BCUT2D eigenvalue weighted by atomic mass is 16.7. The number of amides is 1. The number of carbonyl (C=O) groups is 1. The fraction of sp³-hybridized carbons (Fsp3) is 0.878. The van der Waals surface area contributed by atoms with E-state index in [4.69, 9.17) is 9.47 Å². The van der Waals surface area contributed by atoms with Crippen LogP contribution in [0.25, 0.3) is 0 Å². The molecule has 0 radical (unpaired) electrons. The molecule has 1 aliphatic heterocycles. The zero-order valence-electron chi connectivity index (χ0n) is 54.7. The Balaban J connectivity index is 2.13. The molecule has 0 saturated carbocycles. The number of unbranched alkanes of at least 4 members (excludes halogenated alkanes) is 48. The third-order valence-corrected chi connectivity index (χ3v) is 17.4. The van der Waals surface area contributed by atoms with Crippen molar-refractivity contribution in [2.24, 2.45) is 0 Å². The molecule has 1 aliphatic rings. The van der Waals surface area contributed by atoms with Crippen LogP contribution in [0.3, 0.4) is 0 Å². The number of aliphatic hydroxyl groups is 5. The van der Waals surface area contributed by atoms with Gasteiger partial charge < -0.3 is 40.3 Å². The SMILES string of the molecule is CCCCCCC/C=C\C/C=C\CCCCCCCCCCCCCCCCCC(=O)NC(COC1OC(CO)C(O)C(O)C1O)C(O)/C=C/CC/C=C/CCCCCCCCCCCCCCCCCCCCCCCCCCCCC. The van der Waals surface area contributed by atoms with E-state index < -0.39 is 49.5 Å². The van der Waals surface area contributed by atoms with Crippen molar-refractivity contribution in [3.63, 3.8) is 0 Å². The van der Waals surface area contributed by atoms with Gasteiger partial charge >= 0.3 is 0 Å². The van der Waals surface area contributed by atoms with Gasteiger partial charge in [-0.1, -0.05) is 339 Å². The average molecular weight is 1170 g/mol. The first kappa shape index (κ1) is 79.2. The number of hydrogen-bond acceptors (Lipinski definition) is 8. The average Bonchev–Trinajstić information content (AvgIpc) is 3.60. The van der Waals surface area contributed by atoms with Gasteiger partial charge in [0.05, 0.1) is 25.4 Å². The lowest BCUT2D eigenvalue weighted by Crippen LogP contribution is -2.60. The van der Waals surface area contributed by atoms with Crippen molar-refractivity contribution in [1.29, 1.82) is 0 Å². The fourth-order valence-corrected chi connectivity index (χ4v) is 11.7. The molecule has 1 saturated heterocycles. The van der Waals surface area contributed by atoms with Crippen molar-refractivity contribution in [3.8, 4) is 0 Å². The van der Waals surface area contributed by atoms with Gasteiger partial charge in [0.1, 0.15) is 24.4 Å². The zero-order valence-corrected chi connectivity index (χ0v) is 54.7. The van der Waals surface area contributed by atoms with Crippen LogP contribution >= 0.6 is 0 Å². The molecule has 6 N–H and O–H groups in total. The zero-order chi connectivity index (χ0) is 60.0. The van der Waals surface area contributed by atoms with Gasteiger partial charge in [-0.25, -0.2) is 0 Å². The quantitative estimate of drug-likeness (QED) is 0.0261. The monoisotopic (exact) mass is 1170 g/mol. The molecule has 9 heteroatoms. The van der Waals surface area contributed by atoms with Crippen LogP contribution in [0.2, 0.25) is 0 Å². The minimum Gasteiger partial charge on any atom is -0.394 e. The summed E-state index contributed by atoms with van der Waals surface area (Å²) in [5.74, 6) is -0.182. The summed E-state index contributed by atoms with van der Waals surface area (Å²) in [4.78, 5) is 13.1. The van der Waals surface area contributed by atoms with Crippen LogP contribution in [-0.4, -0.2) is 87.5 Å². The molecule has 1 rings (SSSR count). The molecule has 1 heterocycles. The van der Waals surface area contributed by atoms with Gasteiger partial charge in [0.25, 0.3) is 0 Å². The van der Waals surface area contributed by atoms with E-state index in [-0.39, 0.29) is 12.5 Å². The predicted octanol–water partition coefficient (Wildman–Crippen LogP) is 20.0. The molecule has 9 nitrogen and oxygen atoms in total. The first-order valence-corrected chi connectivity index (χ1v) is 36.4. The van der Waals surface area contributed by atoms with E-state index in [0.29, 0.717) is 6.42 Å². The highest BCUT2D eigenvalue weighted by Gasteiger charge is 2.44. The van der Waals surface area contributed by atoms with Crippen molar-refractivity contribution in [2.75, 3.05) is 13.2 Å². The Bertz CT molecular complexity index is 1450. The largest absolute Gasteiger partial charge is 0.394 e. The maximum atomic E-state index is 13.1. The van der Waals surface area contributed by atoms with Crippen LogP contribution in [0.1, 0.15) is 361 Å². The molecule has 0 spiro atoms. The molecule has 0 aromatic heterocycles. The Labute approximate surface area is 514 Å². The van der Waals surface area contributed by atoms with E-state index in [9.17, 15) is 30.3 Å². The summed E-state index contributed by atoms with van der Waals surface area (Å²) >= 11 is 0. The first-order chi connectivity index (χ1) is 40.8. The summed E-state index contributed by atoms with van der Waals surface area (Å²) in [6.07, 6.45) is 79.5. The Morgan fingerprint density at radius 2 is 0.723 bits per heavy atom. The van der Waals surface area contributed by atoms with Gasteiger partial charge in [-0.3, -0.25) is 4.79 Å². The molecule has 1 fully saturated rings. The minimum atomic E-state index is -1.57. The second-order valence-corrected chi connectivity index (χ2v) is 25.4. The summed E-state index contributed by atoms with van der Waals surface area (Å²) in [5, 5.41) is 54.8. The van der Waals surface area contributed by atoms with Gasteiger partial charge in [-0.05, 0) is 64.2 Å². The van der Waals surface area contributed by atoms with Gasteiger partial charge in [-0.15, -0.1) is 0 Å². The van der Waals surface area contributed by atoms with E-state index in [1.54, 1.807) is 6.08 Å². The maximum absolute atomic E-state index is 13.1. The lowest BCUT2D eigenvalue weighted by Gasteiger charge is -2.40. The van der Waals surface area contributed by atoms with E-state index in [1.807, 2.05) is 6.08 Å². The highest BCUT2D eigenvalue weighted by molar-refractivity contribution is 5.76. The molecule has 488 valence electrons. The van der Waals surface area contributed by atoms with E-state index in [2.05, 4.69) is 55.6 Å². The molecule has 7 atom stereocenters. The normalized spacial score (nSPS) is 18.5. The van der Waals surface area contributed by atoms with Crippen molar-refractivity contribution in [2.45, 2.75) is 403 Å². The van der Waals surface area contributed by atoms with Crippen LogP contribution in [0.5, 0.6) is 0 Å². The number of rotatable bonds is 64. The molecule has 83 heavy (non-hydrogen) atoms. The molecular weight excluding hydrogens is 1030 g/mol. The fourth-order valence-electron chi connectivity index (χ4n) is 11.7. The molecule has 7 unspecified atom stereocenters. The highest BCUT2D eigenvalue weighted by Crippen LogP contribution is 2.23. The lowest BCUT2D eigenvalue weighted by atomic mass is 9.99. The number of hydrogen-bond donors (Lipinski definition) is 6. The molecule has 0 aliphatic carbocycles. The van der Waals surface area contributed by atoms with Crippen molar-refractivity contribution < 1.29 is 39.8 Å². The lowest BCUT2D eigenvalue weighted by molar-refractivity contribution is -0.302. The van der Waals surface area contributed by atoms with Crippen molar-refractivity contribution in [3.05, 3.63) is 48.6 Å². The smallest absolute Gasteiger partial charge is 0.220 e. The molecule has 1 amide bonds. The number of nitrogens with one attached hydrogen (secondary N) is 1. The predicted molar refractivity (Wildman–Crippen MR) is 355 cm³/mol. The standard InChI is InChI=1S/C74H139NO8/c1-3-5-7-9-11-13-15-17-19-21-23-25-27-29-31-32-33-34-35-36-38-39-41-43-45-47-49-51-53-55-57-59-61-63-68(77)67(66-82-74-73(81)72(80)71(79)69(65-76)83-74)75-70(78)64-62-60-58-56-54-52-50-48-46-44-42-40-37-30-28-26-24-22-20-18-16-14-12-10-8-6-4-2/h16,18,22,24,53,55,61,63,67-69,71-74,76-77,79-81H,3-15,17,19-21,23,25-52,54,56-60,62,64-66H2,1-2H3,(H,75,78)/b18-16-,24-22-,55-53+,63-61+.